The largest absolute Gasteiger partial charge is 0.370 e. The molecule has 7 atom stereocenters. The summed E-state index contributed by atoms with van der Waals surface area (Å²) in [7, 11) is 0. The number of carbonyl (C=O) groups excluding carboxylic acids is 8. The molecule has 0 aliphatic rings. The molecule has 96 heavy (non-hydrogen) atoms. The number of benzene rings is 3. The molecule has 26 N–H and O–H groups in total. The molecule has 0 saturated carbocycles. The van der Waals surface area contributed by atoms with E-state index in [4.69, 9.17) is 45.9 Å². The van der Waals surface area contributed by atoms with E-state index >= 15 is 14.4 Å². The lowest BCUT2D eigenvalue weighted by atomic mass is 10.0. The lowest BCUT2D eigenvalue weighted by molar-refractivity contribution is -0.135. The minimum atomic E-state index is -1.46. The highest BCUT2D eigenvalue weighted by atomic mass is 16.2. The molecule has 0 unspecified atom stereocenters. The summed E-state index contributed by atoms with van der Waals surface area (Å²) >= 11 is 0. The minimum absolute atomic E-state index is 0.0360. The van der Waals surface area contributed by atoms with E-state index in [0.717, 1.165) is 58.4 Å². The number of para-hydroxylation sites is 3. The first-order valence-electron chi connectivity index (χ1n) is 33.2. The Morgan fingerprint density at radius 1 is 0.396 bits per heavy atom. The van der Waals surface area contributed by atoms with Crippen molar-refractivity contribution in [2.75, 3.05) is 26.2 Å². The Balaban J connectivity index is 1.27. The fourth-order valence-corrected chi connectivity index (χ4v) is 11.3. The van der Waals surface area contributed by atoms with E-state index in [1.54, 1.807) is 18.6 Å². The van der Waals surface area contributed by atoms with Crippen LogP contribution in [0, 0.1) is 0 Å². The van der Waals surface area contributed by atoms with E-state index in [9.17, 15) is 24.0 Å². The van der Waals surface area contributed by atoms with Gasteiger partial charge in [-0.2, -0.15) is 0 Å². The highest BCUT2D eigenvalue weighted by molar-refractivity contribution is 5.99. The Bertz CT molecular complexity index is 3600. The quantitative estimate of drug-likeness (QED) is 0.0146. The van der Waals surface area contributed by atoms with Crippen molar-refractivity contribution in [1.82, 2.24) is 52.2 Å². The third kappa shape index (κ3) is 24.9. The van der Waals surface area contributed by atoms with Crippen molar-refractivity contribution < 1.29 is 38.4 Å². The number of rotatable bonds is 44. The zero-order chi connectivity index (χ0) is 69.4. The molecule has 0 aliphatic carbocycles. The molecule has 0 bridgehead atoms. The third-order valence-corrected chi connectivity index (χ3v) is 16.6. The summed E-state index contributed by atoms with van der Waals surface area (Å²) in [4.78, 5) is 136. The fourth-order valence-electron chi connectivity index (χ4n) is 11.3. The summed E-state index contributed by atoms with van der Waals surface area (Å²) < 4.78 is 0. The molecule has 8 amide bonds. The van der Waals surface area contributed by atoms with Crippen LogP contribution in [0.5, 0.6) is 0 Å². The van der Waals surface area contributed by atoms with Crippen molar-refractivity contribution in [3.8, 4) is 0 Å². The van der Waals surface area contributed by atoms with Gasteiger partial charge in [-0.15, -0.1) is 0 Å². The topological polar surface area (TPSA) is 513 Å². The number of aromatic amines is 3. The number of carbonyl (C=O) groups is 8. The van der Waals surface area contributed by atoms with Crippen molar-refractivity contribution in [3.63, 3.8) is 0 Å². The van der Waals surface area contributed by atoms with Crippen LogP contribution in [0.4, 0.5) is 0 Å². The Morgan fingerprint density at radius 3 is 1.15 bits per heavy atom. The molecule has 29 nitrogen and oxygen atoms in total. The molecule has 0 saturated heterocycles. The number of unbranched alkanes of at least 4 members (excludes halogenated alkanes) is 7. The highest BCUT2D eigenvalue weighted by Gasteiger charge is 2.35. The molecular weight excluding hydrogens is 1230 g/mol. The summed E-state index contributed by atoms with van der Waals surface area (Å²) in [5, 5.41) is 22.2. The van der Waals surface area contributed by atoms with E-state index in [1.165, 1.54) is 19.3 Å². The van der Waals surface area contributed by atoms with Crippen molar-refractivity contribution in [3.05, 3.63) is 108 Å². The van der Waals surface area contributed by atoms with Gasteiger partial charge in [-0.1, -0.05) is 100 Å². The molecule has 29 heteroatoms. The van der Waals surface area contributed by atoms with Crippen LogP contribution in [0.1, 0.15) is 133 Å². The summed E-state index contributed by atoms with van der Waals surface area (Å²) in [6.45, 7) is 2.83. The number of aromatic nitrogens is 3. The SMILES string of the molecule is CCCCCCCCCC(=O)NCCCC[C@H](NC(=O)[C@@H](Cc1c[nH]c2ccccc12)NC(=O)[C@H](CCCN=C(N)N)NC(=O)[C@@H](Cc1c[nH]c2ccccc12)NC(=O)[C@H](CCCN=C(N)N)NC(=O)[C@H](Cc1c[nH]c2ccccc12)NC(=O)[C@H](N)CCCN=C(N)N)C(N)=O. The van der Waals surface area contributed by atoms with Gasteiger partial charge in [-0.05, 0) is 99.1 Å². The van der Waals surface area contributed by atoms with Crippen LogP contribution >= 0.6 is 0 Å². The summed E-state index contributed by atoms with van der Waals surface area (Å²) in [5.41, 5.74) is 50.1. The second-order valence-electron chi connectivity index (χ2n) is 24.1. The van der Waals surface area contributed by atoms with Crippen LogP contribution in [-0.4, -0.2) is 149 Å². The van der Waals surface area contributed by atoms with E-state index < -0.39 is 83.6 Å². The first-order chi connectivity index (χ1) is 46.2. The smallest absolute Gasteiger partial charge is 0.243 e. The summed E-state index contributed by atoms with van der Waals surface area (Å²) in [6, 6.07) is 12.9. The van der Waals surface area contributed by atoms with Crippen molar-refractivity contribution in [2.45, 2.75) is 178 Å². The normalized spacial score (nSPS) is 13.4. The van der Waals surface area contributed by atoms with Gasteiger partial charge in [0.05, 0.1) is 6.04 Å². The highest BCUT2D eigenvalue weighted by Crippen LogP contribution is 2.23. The number of nitrogens with one attached hydrogen (secondary N) is 10. The maximum atomic E-state index is 15.3. The summed E-state index contributed by atoms with van der Waals surface area (Å²) in [5.74, 6) is -6.02. The average molecular weight is 1330 g/mol. The third-order valence-electron chi connectivity index (χ3n) is 16.6. The molecule has 0 radical (unpaired) electrons. The number of amides is 8. The number of hydrogen-bond donors (Lipinski definition) is 18. The van der Waals surface area contributed by atoms with Crippen LogP contribution < -0.4 is 83.1 Å². The minimum Gasteiger partial charge on any atom is -0.370 e. The van der Waals surface area contributed by atoms with Gasteiger partial charge in [-0.3, -0.25) is 53.3 Å². The molecule has 6 aromatic rings. The molecule has 520 valence electrons. The van der Waals surface area contributed by atoms with Gasteiger partial charge in [0.2, 0.25) is 47.3 Å². The molecule has 3 aromatic heterocycles. The Morgan fingerprint density at radius 2 is 0.740 bits per heavy atom. The predicted molar refractivity (Wildman–Crippen MR) is 374 cm³/mol. The lowest BCUT2D eigenvalue weighted by Gasteiger charge is -2.28. The Labute approximate surface area is 558 Å². The van der Waals surface area contributed by atoms with Gasteiger partial charge in [0.25, 0.3) is 0 Å². The van der Waals surface area contributed by atoms with E-state index in [-0.39, 0.29) is 101 Å². The van der Waals surface area contributed by atoms with Crippen LogP contribution in [0.2, 0.25) is 0 Å². The maximum absolute atomic E-state index is 15.3. The van der Waals surface area contributed by atoms with Gasteiger partial charge >= 0.3 is 0 Å². The van der Waals surface area contributed by atoms with Gasteiger partial charge in [0.1, 0.15) is 36.3 Å². The first-order valence-corrected chi connectivity index (χ1v) is 33.2. The van der Waals surface area contributed by atoms with E-state index in [1.807, 2.05) is 72.8 Å². The van der Waals surface area contributed by atoms with Crippen molar-refractivity contribution in [2.24, 2.45) is 60.8 Å². The second kappa shape index (κ2) is 39.5. The molecule has 6 rings (SSSR count). The molecule has 3 heterocycles. The van der Waals surface area contributed by atoms with Crippen LogP contribution in [0.3, 0.4) is 0 Å². The zero-order valence-electron chi connectivity index (χ0n) is 54.9. The number of hydrogen-bond acceptors (Lipinski definition) is 12. The maximum Gasteiger partial charge on any atom is 0.243 e. The number of guanidine groups is 3. The zero-order valence-corrected chi connectivity index (χ0v) is 54.9. The van der Waals surface area contributed by atoms with Gasteiger partial charge in [0, 0.05) is 103 Å². The monoisotopic (exact) mass is 1330 g/mol. The molecule has 0 spiro atoms. The molecule has 3 aromatic carbocycles. The van der Waals surface area contributed by atoms with Gasteiger partial charge < -0.3 is 98.0 Å². The number of nitrogens with zero attached hydrogens (tertiary/aromatic N) is 3. The Hall–Kier alpha value is -10.2. The van der Waals surface area contributed by atoms with E-state index in [2.05, 4.69) is 74.1 Å². The summed E-state index contributed by atoms with van der Waals surface area (Å²) in [6.07, 6.45) is 14.6. The van der Waals surface area contributed by atoms with Crippen molar-refractivity contribution >= 4 is 97.8 Å². The standard InChI is InChI=1S/C67H99N21O8/c1-2-3-4-5-6-7-8-30-57(89)76-31-16-15-27-51(58(69)90)83-62(94)55(36-42-39-81-49-25-13-10-21-45(42)49)87-60(92)53(29-19-34-79-67(74)75)85-64(96)56(37-43-40-82-50-26-14-11-22-46(43)50)88-61(93)52(28-18-33-78-66(72)73)84-63(95)54(35-41-38-80-48-24-12-9-20-44(41)48)86-59(91)47(68)23-17-32-77-65(70)71/h9-14,20-22,24-26,38-40,47,51-56,80-82H,2-8,15-19,23,27-37,68H2,1H3,(H2,69,90)(H,76,89)(H,83,94)(H,84,95)(H,85,96)(H,86,91)(H,87,92)(H,88,93)(H4,70,71,77)(H4,72,73,78)(H4,74,75,79)/t47-,51+,52+,53+,54+,55-,56-/m1/s1. The fraction of sp³-hybridized carbons (Fsp3) is 0.478. The van der Waals surface area contributed by atoms with Gasteiger partial charge in [0.15, 0.2) is 17.9 Å². The molecule has 0 fully saturated rings. The lowest BCUT2D eigenvalue weighted by Crippen LogP contribution is -2.60. The molecule has 0 aliphatic heterocycles. The van der Waals surface area contributed by atoms with Crippen LogP contribution in [0.15, 0.2) is 106 Å². The second-order valence-corrected chi connectivity index (χ2v) is 24.1. The Kier molecular flexibility index (Phi) is 30.8. The average Bonchev–Trinajstić information content (AvgIpc) is 1.65. The molecular formula is C67H99N21O8. The van der Waals surface area contributed by atoms with E-state index in [0.29, 0.717) is 48.9 Å². The first kappa shape index (κ1) is 74.8. The van der Waals surface area contributed by atoms with Crippen LogP contribution in [0.25, 0.3) is 32.7 Å². The number of primary amides is 1. The number of nitrogens with two attached hydrogens (primary N) is 8. The predicted octanol–water partition coefficient (Wildman–Crippen LogP) is 1.47. The van der Waals surface area contributed by atoms with Crippen LogP contribution in [-0.2, 0) is 57.6 Å². The number of aliphatic imine (C=N–C) groups is 3. The van der Waals surface area contributed by atoms with Crippen molar-refractivity contribution in [1.29, 1.82) is 0 Å². The number of fused-ring (bicyclic) bond motifs is 3. The number of H-pyrrole nitrogens is 3. The van der Waals surface area contributed by atoms with Gasteiger partial charge in [-0.25, -0.2) is 0 Å².